The number of aliphatic carboxylic acids is 1. The Kier molecular flexibility index (Phi) is 3.55. The van der Waals surface area contributed by atoms with Gasteiger partial charge in [0.05, 0.1) is 0 Å². The van der Waals surface area contributed by atoms with Crippen LogP contribution in [0.25, 0.3) is 0 Å². The molecular weight excluding hydrogens is 194 g/mol. The first-order valence-electron chi connectivity index (χ1n) is 4.13. The topological polar surface area (TPSA) is 55.1 Å². The fourth-order valence-electron chi connectivity index (χ4n) is 1.01. The van der Waals surface area contributed by atoms with Crippen molar-refractivity contribution >= 4 is 5.97 Å². The number of rotatable bonds is 5. The van der Waals surface area contributed by atoms with E-state index in [-0.39, 0.29) is 12.1 Å². The molecule has 0 aliphatic heterocycles. The second kappa shape index (κ2) is 4.69. The average molecular weight is 204 g/mol. The summed E-state index contributed by atoms with van der Waals surface area (Å²) in [5.41, 5.74) is -0.277. The minimum Gasteiger partial charge on any atom is -0.481 e. The van der Waals surface area contributed by atoms with E-state index in [2.05, 4.69) is 5.10 Å². The molecule has 0 bridgehead atoms. The largest absolute Gasteiger partial charge is 0.481 e. The quantitative estimate of drug-likeness (QED) is 0.793. The first-order valence-corrected chi connectivity index (χ1v) is 4.13. The Morgan fingerprint density at radius 3 is 2.86 bits per heavy atom. The molecule has 14 heavy (non-hydrogen) atoms. The highest BCUT2D eigenvalue weighted by Gasteiger charge is 2.10. The van der Waals surface area contributed by atoms with Crippen LogP contribution in [0.15, 0.2) is 12.3 Å². The van der Waals surface area contributed by atoms with Crippen LogP contribution in [0.5, 0.6) is 0 Å². The molecule has 0 saturated carbocycles. The van der Waals surface area contributed by atoms with Gasteiger partial charge in [-0.2, -0.15) is 5.10 Å². The van der Waals surface area contributed by atoms with Gasteiger partial charge in [0.15, 0.2) is 0 Å². The van der Waals surface area contributed by atoms with Crippen LogP contribution in [0.1, 0.15) is 25.0 Å². The summed E-state index contributed by atoms with van der Waals surface area (Å²) in [6.07, 6.45) is -0.747. The van der Waals surface area contributed by atoms with Gasteiger partial charge in [0, 0.05) is 19.2 Å². The van der Waals surface area contributed by atoms with E-state index >= 15 is 0 Å². The second-order valence-electron chi connectivity index (χ2n) is 2.80. The fraction of sp³-hybridized carbons (Fsp3) is 0.500. The van der Waals surface area contributed by atoms with Crippen molar-refractivity contribution in [3.8, 4) is 0 Å². The lowest BCUT2D eigenvalue weighted by Gasteiger charge is -1.98. The number of aryl methyl sites for hydroxylation is 1. The smallest absolute Gasteiger partial charge is 0.303 e. The van der Waals surface area contributed by atoms with Crippen LogP contribution in [0.4, 0.5) is 8.78 Å². The van der Waals surface area contributed by atoms with Gasteiger partial charge in [0.1, 0.15) is 5.69 Å². The summed E-state index contributed by atoms with van der Waals surface area (Å²) < 4.78 is 25.4. The minimum atomic E-state index is -2.57. The predicted molar refractivity (Wildman–Crippen MR) is 44.1 cm³/mol. The van der Waals surface area contributed by atoms with Crippen molar-refractivity contribution in [2.24, 2.45) is 0 Å². The third-order valence-corrected chi connectivity index (χ3v) is 1.66. The molecule has 0 fully saturated rings. The molecule has 0 unspecified atom stereocenters. The van der Waals surface area contributed by atoms with Crippen molar-refractivity contribution in [1.29, 1.82) is 0 Å². The van der Waals surface area contributed by atoms with Crippen molar-refractivity contribution in [2.75, 3.05) is 0 Å². The maximum absolute atomic E-state index is 12.1. The summed E-state index contributed by atoms with van der Waals surface area (Å²) in [6.45, 7) is 0.346. The molecule has 1 N–H and O–H groups in total. The normalized spacial score (nSPS) is 10.8. The molecule has 1 rings (SSSR count). The lowest BCUT2D eigenvalue weighted by molar-refractivity contribution is -0.137. The number of alkyl halides is 2. The van der Waals surface area contributed by atoms with E-state index in [1.807, 2.05) is 0 Å². The van der Waals surface area contributed by atoms with Gasteiger partial charge in [-0.15, -0.1) is 0 Å². The monoisotopic (exact) mass is 204 g/mol. The van der Waals surface area contributed by atoms with Gasteiger partial charge in [-0.1, -0.05) is 0 Å². The molecule has 1 aromatic heterocycles. The Hall–Kier alpha value is -1.46. The number of hydrogen-bond donors (Lipinski definition) is 1. The Labute approximate surface area is 79.2 Å². The van der Waals surface area contributed by atoms with Gasteiger partial charge in [-0.05, 0) is 12.5 Å². The van der Waals surface area contributed by atoms with E-state index < -0.39 is 12.4 Å². The molecule has 0 spiro atoms. The standard InChI is InChI=1S/C8H10F2N2O2/c9-8(10)6-3-5-12(11-6)4-1-2-7(13)14/h3,5,8H,1-2,4H2,(H,13,14). The molecule has 6 heteroatoms. The molecule has 0 radical (unpaired) electrons. The lowest BCUT2D eigenvalue weighted by Crippen LogP contribution is -2.03. The van der Waals surface area contributed by atoms with Crippen molar-refractivity contribution in [2.45, 2.75) is 25.8 Å². The maximum atomic E-state index is 12.1. The summed E-state index contributed by atoms with van der Waals surface area (Å²) in [6, 6.07) is 1.23. The van der Waals surface area contributed by atoms with Crippen LogP contribution in [0, 0.1) is 0 Å². The summed E-state index contributed by atoms with van der Waals surface area (Å²) in [5.74, 6) is -0.897. The van der Waals surface area contributed by atoms with Crippen LogP contribution in [0.2, 0.25) is 0 Å². The molecule has 0 aliphatic carbocycles. The van der Waals surface area contributed by atoms with Gasteiger partial charge >= 0.3 is 5.97 Å². The second-order valence-corrected chi connectivity index (χ2v) is 2.80. The van der Waals surface area contributed by atoms with E-state index in [0.717, 1.165) is 0 Å². The van der Waals surface area contributed by atoms with Crippen LogP contribution in [-0.2, 0) is 11.3 Å². The fourth-order valence-corrected chi connectivity index (χ4v) is 1.01. The third kappa shape index (κ3) is 3.12. The molecule has 1 heterocycles. The first-order chi connectivity index (χ1) is 6.59. The molecule has 1 aromatic rings. The van der Waals surface area contributed by atoms with Crippen molar-refractivity contribution < 1.29 is 18.7 Å². The van der Waals surface area contributed by atoms with Crippen LogP contribution < -0.4 is 0 Å². The minimum absolute atomic E-state index is 0.0177. The van der Waals surface area contributed by atoms with Crippen LogP contribution in [0.3, 0.4) is 0 Å². The summed E-state index contributed by atoms with van der Waals surface area (Å²) in [4.78, 5) is 10.2. The summed E-state index contributed by atoms with van der Waals surface area (Å²) >= 11 is 0. The molecule has 0 aliphatic rings. The van der Waals surface area contributed by atoms with Gasteiger partial charge < -0.3 is 5.11 Å². The third-order valence-electron chi connectivity index (χ3n) is 1.66. The first kappa shape index (κ1) is 10.6. The zero-order chi connectivity index (χ0) is 10.6. The van der Waals surface area contributed by atoms with Crippen LogP contribution >= 0.6 is 0 Å². The number of carbonyl (C=O) groups is 1. The highest BCUT2D eigenvalue weighted by atomic mass is 19.3. The molecule has 0 atom stereocenters. The Morgan fingerprint density at radius 1 is 1.64 bits per heavy atom. The van der Waals surface area contributed by atoms with E-state index in [9.17, 15) is 13.6 Å². The number of aromatic nitrogens is 2. The van der Waals surface area contributed by atoms with E-state index in [0.29, 0.717) is 13.0 Å². The van der Waals surface area contributed by atoms with Crippen LogP contribution in [-0.4, -0.2) is 20.9 Å². The summed E-state index contributed by atoms with van der Waals surface area (Å²) in [7, 11) is 0. The molecule has 4 nitrogen and oxygen atoms in total. The van der Waals surface area contributed by atoms with Crippen molar-refractivity contribution in [3.63, 3.8) is 0 Å². The van der Waals surface area contributed by atoms with Gasteiger partial charge in [-0.25, -0.2) is 8.78 Å². The van der Waals surface area contributed by atoms with Gasteiger partial charge in [0.25, 0.3) is 6.43 Å². The highest BCUT2D eigenvalue weighted by Crippen LogP contribution is 2.15. The predicted octanol–water partition coefficient (Wildman–Crippen LogP) is 1.69. The number of nitrogens with zero attached hydrogens (tertiary/aromatic N) is 2. The number of halogens is 2. The van der Waals surface area contributed by atoms with Gasteiger partial charge in [-0.3, -0.25) is 9.48 Å². The Morgan fingerprint density at radius 2 is 2.36 bits per heavy atom. The SMILES string of the molecule is O=C(O)CCCn1ccc(C(F)F)n1. The Bertz CT molecular complexity index is 312. The molecule has 78 valence electrons. The van der Waals surface area contributed by atoms with E-state index in [4.69, 9.17) is 5.11 Å². The van der Waals surface area contributed by atoms with Gasteiger partial charge in [0.2, 0.25) is 0 Å². The number of carboxylic acids is 1. The molecule has 0 amide bonds. The van der Waals surface area contributed by atoms with Crippen molar-refractivity contribution in [1.82, 2.24) is 9.78 Å². The summed E-state index contributed by atoms with van der Waals surface area (Å²) in [5, 5.41) is 11.9. The highest BCUT2D eigenvalue weighted by molar-refractivity contribution is 5.66. The van der Waals surface area contributed by atoms with Crippen molar-refractivity contribution in [3.05, 3.63) is 18.0 Å². The number of hydrogen-bond acceptors (Lipinski definition) is 2. The average Bonchev–Trinajstić information content (AvgIpc) is 2.52. The zero-order valence-electron chi connectivity index (χ0n) is 7.36. The molecule has 0 saturated heterocycles. The molecular formula is C8H10F2N2O2. The maximum Gasteiger partial charge on any atom is 0.303 e. The zero-order valence-corrected chi connectivity index (χ0v) is 7.36. The Balaban J connectivity index is 2.40. The molecule has 0 aromatic carbocycles. The lowest BCUT2D eigenvalue weighted by atomic mass is 10.3. The van der Waals surface area contributed by atoms with E-state index in [1.165, 1.54) is 16.9 Å². The van der Waals surface area contributed by atoms with E-state index in [1.54, 1.807) is 0 Å². The number of carboxylic acid groups (broad SMARTS) is 1.